The number of nitrogen functional groups attached to an aromatic ring is 1. The van der Waals surface area contributed by atoms with Gasteiger partial charge >= 0.3 is 0 Å². The van der Waals surface area contributed by atoms with Crippen LogP contribution in [0.5, 0.6) is 0 Å². The summed E-state index contributed by atoms with van der Waals surface area (Å²) in [6.45, 7) is 7.03. The lowest BCUT2D eigenvalue weighted by Crippen LogP contribution is -2.33. The topological polar surface area (TPSA) is 47.3 Å². The predicted octanol–water partition coefficient (Wildman–Crippen LogP) is 2.63. The number of anilines is 2. The van der Waals surface area contributed by atoms with Crippen LogP contribution in [0, 0.1) is 5.82 Å². The van der Waals surface area contributed by atoms with Gasteiger partial charge in [0.1, 0.15) is 5.82 Å². The molecule has 0 aliphatic heterocycles. The second kappa shape index (κ2) is 5.16. The molecule has 0 spiro atoms. The highest BCUT2D eigenvalue weighted by Gasteiger charge is 2.17. The number of nitrogens with one attached hydrogen (secondary N) is 1. The Morgan fingerprint density at radius 1 is 1.44 bits per heavy atom. The molecule has 0 fully saturated rings. The van der Waals surface area contributed by atoms with Crippen LogP contribution in [0.1, 0.15) is 20.8 Å². The van der Waals surface area contributed by atoms with Crippen molar-refractivity contribution in [3.8, 4) is 0 Å². The number of ether oxygens (including phenoxy) is 1. The third-order valence-electron chi connectivity index (χ3n) is 2.23. The maximum Gasteiger partial charge on any atom is 0.148 e. The van der Waals surface area contributed by atoms with Gasteiger partial charge in [-0.25, -0.2) is 4.39 Å². The summed E-state index contributed by atoms with van der Waals surface area (Å²) in [6, 6.07) is 4.60. The minimum Gasteiger partial charge on any atom is -0.399 e. The van der Waals surface area contributed by atoms with Crippen molar-refractivity contribution in [2.24, 2.45) is 0 Å². The van der Waals surface area contributed by atoms with Gasteiger partial charge in [-0.3, -0.25) is 0 Å². The van der Waals surface area contributed by atoms with Crippen LogP contribution >= 0.6 is 0 Å². The highest BCUT2D eigenvalue weighted by molar-refractivity contribution is 5.52. The average Bonchev–Trinajstić information content (AvgIpc) is 2.16. The molecule has 0 radical (unpaired) electrons. The van der Waals surface area contributed by atoms with Crippen molar-refractivity contribution in [1.82, 2.24) is 0 Å². The molecule has 4 heteroatoms. The summed E-state index contributed by atoms with van der Waals surface area (Å²) in [5.74, 6) is -0.340. The molecular weight excluding hydrogens is 207 g/mol. The van der Waals surface area contributed by atoms with E-state index >= 15 is 0 Å². The van der Waals surface area contributed by atoms with E-state index in [0.717, 1.165) is 0 Å². The number of nitrogens with two attached hydrogens (primary N) is 1. The Kier molecular flexibility index (Phi) is 4.12. The molecule has 0 aliphatic carbocycles. The molecule has 0 saturated carbocycles. The van der Waals surface area contributed by atoms with Crippen LogP contribution in [-0.2, 0) is 4.74 Å². The molecule has 0 unspecified atom stereocenters. The second-order valence-corrected chi connectivity index (χ2v) is 4.29. The van der Waals surface area contributed by atoms with Crippen molar-refractivity contribution >= 4 is 11.4 Å². The van der Waals surface area contributed by atoms with Crippen molar-refractivity contribution in [2.75, 3.05) is 24.2 Å². The van der Waals surface area contributed by atoms with E-state index in [1.54, 1.807) is 12.1 Å². The largest absolute Gasteiger partial charge is 0.399 e. The maximum atomic E-state index is 13.4. The molecule has 0 aliphatic rings. The normalized spacial score (nSPS) is 11.5. The molecule has 16 heavy (non-hydrogen) atoms. The molecule has 0 heterocycles. The lowest BCUT2D eigenvalue weighted by atomic mass is 10.1. The monoisotopic (exact) mass is 226 g/mol. The number of rotatable bonds is 5. The van der Waals surface area contributed by atoms with Crippen molar-refractivity contribution in [3.63, 3.8) is 0 Å². The van der Waals surface area contributed by atoms with Crippen LogP contribution in [-0.4, -0.2) is 18.8 Å². The molecule has 1 aromatic carbocycles. The number of hydrogen-bond donors (Lipinski definition) is 2. The number of hydrogen-bond acceptors (Lipinski definition) is 3. The van der Waals surface area contributed by atoms with Crippen LogP contribution in [0.25, 0.3) is 0 Å². The van der Waals surface area contributed by atoms with Crippen molar-refractivity contribution in [3.05, 3.63) is 24.0 Å². The molecule has 0 amide bonds. The molecule has 0 aromatic heterocycles. The molecule has 3 nitrogen and oxygen atoms in total. The fourth-order valence-corrected chi connectivity index (χ4v) is 1.42. The van der Waals surface area contributed by atoms with E-state index in [1.165, 1.54) is 6.07 Å². The Morgan fingerprint density at radius 2 is 2.12 bits per heavy atom. The average molecular weight is 226 g/mol. The van der Waals surface area contributed by atoms with Crippen molar-refractivity contribution in [1.29, 1.82) is 0 Å². The molecule has 0 bridgehead atoms. The highest BCUT2D eigenvalue weighted by Crippen LogP contribution is 2.18. The predicted molar refractivity (Wildman–Crippen MR) is 65.0 cm³/mol. The summed E-state index contributed by atoms with van der Waals surface area (Å²) in [5.41, 5.74) is 6.02. The fourth-order valence-electron chi connectivity index (χ4n) is 1.42. The third kappa shape index (κ3) is 3.70. The van der Waals surface area contributed by atoms with E-state index in [2.05, 4.69) is 5.32 Å². The Morgan fingerprint density at radius 3 is 2.69 bits per heavy atom. The van der Waals surface area contributed by atoms with E-state index in [1.807, 2.05) is 20.8 Å². The molecule has 0 saturated heterocycles. The van der Waals surface area contributed by atoms with E-state index in [-0.39, 0.29) is 11.4 Å². The molecule has 3 N–H and O–H groups in total. The van der Waals surface area contributed by atoms with Crippen LogP contribution in [0.3, 0.4) is 0 Å². The lowest BCUT2D eigenvalue weighted by molar-refractivity contribution is 0.000663. The Bertz CT molecular complexity index is 353. The van der Waals surface area contributed by atoms with Crippen molar-refractivity contribution in [2.45, 2.75) is 26.4 Å². The van der Waals surface area contributed by atoms with Gasteiger partial charge in [-0.15, -0.1) is 0 Å². The number of halogens is 1. The Labute approximate surface area is 95.8 Å². The summed E-state index contributed by atoms with van der Waals surface area (Å²) in [6.07, 6.45) is 0. The van der Waals surface area contributed by atoms with Gasteiger partial charge < -0.3 is 15.8 Å². The van der Waals surface area contributed by atoms with Gasteiger partial charge in [0.05, 0.1) is 11.3 Å². The Hall–Kier alpha value is -1.29. The quantitative estimate of drug-likeness (QED) is 0.759. The van der Waals surface area contributed by atoms with Gasteiger partial charge in [0, 0.05) is 18.8 Å². The van der Waals surface area contributed by atoms with Crippen LogP contribution in [0.15, 0.2) is 18.2 Å². The van der Waals surface area contributed by atoms with Gasteiger partial charge in [0.15, 0.2) is 0 Å². The molecular formula is C12H19FN2O. The first kappa shape index (κ1) is 12.8. The van der Waals surface area contributed by atoms with Crippen LogP contribution in [0.4, 0.5) is 15.8 Å². The van der Waals surface area contributed by atoms with Gasteiger partial charge in [0.25, 0.3) is 0 Å². The fraction of sp³-hybridized carbons (Fsp3) is 0.500. The van der Waals surface area contributed by atoms with Gasteiger partial charge in [0.2, 0.25) is 0 Å². The standard InChI is InChI=1S/C12H19FN2O/c1-4-16-12(2,3)8-15-11-6-5-9(14)7-10(11)13/h5-7,15H,4,8,14H2,1-3H3. The minimum absolute atomic E-state index is 0.317. The molecule has 1 aromatic rings. The first-order valence-corrected chi connectivity index (χ1v) is 5.37. The smallest absolute Gasteiger partial charge is 0.148 e. The third-order valence-corrected chi connectivity index (χ3v) is 2.23. The summed E-state index contributed by atoms with van der Waals surface area (Å²) in [7, 11) is 0. The van der Waals surface area contributed by atoms with Crippen molar-refractivity contribution < 1.29 is 9.13 Å². The first-order chi connectivity index (χ1) is 7.44. The summed E-state index contributed by atoms with van der Waals surface area (Å²) >= 11 is 0. The van der Waals surface area contributed by atoms with E-state index in [9.17, 15) is 4.39 Å². The van der Waals surface area contributed by atoms with E-state index in [0.29, 0.717) is 24.5 Å². The van der Waals surface area contributed by atoms with Gasteiger partial charge in [-0.1, -0.05) is 0 Å². The zero-order valence-corrected chi connectivity index (χ0v) is 10.0. The first-order valence-electron chi connectivity index (χ1n) is 5.37. The summed E-state index contributed by atoms with van der Waals surface area (Å²) < 4.78 is 18.9. The highest BCUT2D eigenvalue weighted by atomic mass is 19.1. The van der Waals surface area contributed by atoms with Crippen LogP contribution in [0.2, 0.25) is 0 Å². The second-order valence-electron chi connectivity index (χ2n) is 4.29. The molecule has 0 atom stereocenters. The van der Waals surface area contributed by atoms with E-state index in [4.69, 9.17) is 10.5 Å². The summed E-state index contributed by atoms with van der Waals surface area (Å²) in [5, 5.41) is 3.01. The minimum atomic E-state index is -0.340. The van der Waals surface area contributed by atoms with E-state index < -0.39 is 0 Å². The zero-order chi connectivity index (χ0) is 12.2. The molecule has 90 valence electrons. The lowest BCUT2D eigenvalue weighted by Gasteiger charge is -2.25. The van der Waals surface area contributed by atoms with Crippen LogP contribution < -0.4 is 11.1 Å². The molecule has 1 rings (SSSR count). The van der Waals surface area contributed by atoms with Gasteiger partial charge in [-0.05, 0) is 39.0 Å². The van der Waals surface area contributed by atoms with Gasteiger partial charge in [-0.2, -0.15) is 0 Å². The SMILES string of the molecule is CCOC(C)(C)CNc1ccc(N)cc1F. The maximum absolute atomic E-state index is 13.4. The number of benzene rings is 1. The zero-order valence-electron chi connectivity index (χ0n) is 10.0. The summed E-state index contributed by atoms with van der Waals surface area (Å²) in [4.78, 5) is 0. The Balaban J connectivity index is 2.61.